The average molecular weight is 237 g/mol. The zero-order chi connectivity index (χ0) is 12.0. The molecule has 1 aliphatic heterocycles. The third-order valence-electron chi connectivity index (χ3n) is 5.27. The van der Waals surface area contributed by atoms with E-state index in [0.29, 0.717) is 23.7 Å². The molecule has 0 aromatic heterocycles. The number of aliphatic hydroxyl groups is 1. The summed E-state index contributed by atoms with van der Waals surface area (Å²) in [5.74, 6) is 2.53. The predicted octanol–water partition coefficient (Wildman–Crippen LogP) is 1.65. The Kier molecular flexibility index (Phi) is 2.89. The molecule has 17 heavy (non-hydrogen) atoms. The number of aliphatic hydroxyl groups excluding tert-OH is 1. The van der Waals surface area contributed by atoms with Crippen molar-refractivity contribution in [3.63, 3.8) is 0 Å². The molecule has 96 valence electrons. The summed E-state index contributed by atoms with van der Waals surface area (Å²) in [6, 6.07) is 0. The van der Waals surface area contributed by atoms with E-state index in [-0.39, 0.29) is 6.10 Å². The summed E-state index contributed by atoms with van der Waals surface area (Å²) in [4.78, 5) is 14.5. The summed E-state index contributed by atoms with van der Waals surface area (Å²) in [6.45, 7) is 3.49. The number of rotatable bonds is 2. The maximum Gasteiger partial charge on any atom is 0.225 e. The number of likely N-dealkylation sites (tertiary alicyclic amines) is 1. The van der Waals surface area contributed by atoms with Gasteiger partial charge >= 0.3 is 0 Å². The van der Waals surface area contributed by atoms with Crippen LogP contribution in [-0.4, -0.2) is 35.1 Å². The van der Waals surface area contributed by atoms with E-state index in [9.17, 15) is 9.90 Å². The minimum atomic E-state index is -0.271. The van der Waals surface area contributed by atoms with Crippen molar-refractivity contribution >= 4 is 5.91 Å². The van der Waals surface area contributed by atoms with Crippen molar-refractivity contribution in [2.75, 3.05) is 13.1 Å². The second-order valence-corrected chi connectivity index (χ2v) is 6.35. The number of hydrogen-bond donors (Lipinski definition) is 1. The Morgan fingerprint density at radius 1 is 1.29 bits per heavy atom. The van der Waals surface area contributed by atoms with Crippen LogP contribution in [0.2, 0.25) is 0 Å². The van der Waals surface area contributed by atoms with Crippen LogP contribution in [-0.2, 0) is 4.79 Å². The van der Waals surface area contributed by atoms with Crippen LogP contribution in [0.15, 0.2) is 0 Å². The van der Waals surface area contributed by atoms with Crippen LogP contribution in [0.3, 0.4) is 0 Å². The number of amides is 1. The third kappa shape index (κ3) is 1.99. The van der Waals surface area contributed by atoms with Gasteiger partial charge in [0.25, 0.3) is 0 Å². The Bertz CT molecular complexity index is 315. The number of carbonyl (C=O) groups is 1. The van der Waals surface area contributed by atoms with E-state index >= 15 is 0 Å². The minimum Gasteiger partial charge on any atom is -0.393 e. The first-order chi connectivity index (χ1) is 8.15. The highest BCUT2D eigenvalue weighted by atomic mass is 16.3. The molecule has 0 radical (unpaired) electrons. The van der Waals surface area contributed by atoms with Gasteiger partial charge in [0.15, 0.2) is 0 Å². The molecule has 0 aromatic carbocycles. The molecule has 0 aromatic rings. The van der Waals surface area contributed by atoms with Gasteiger partial charge in [0.1, 0.15) is 0 Å². The topological polar surface area (TPSA) is 40.5 Å². The molecule has 2 saturated carbocycles. The Morgan fingerprint density at radius 2 is 2.12 bits per heavy atom. The van der Waals surface area contributed by atoms with E-state index in [1.54, 1.807) is 0 Å². The van der Waals surface area contributed by atoms with Gasteiger partial charge in [0, 0.05) is 24.9 Å². The van der Waals surface area contributed by atoms with Crippen molar-refractivity contribution in [2.24, 2.45) is 23.7 Å². The fourth-order valence-electron chi connectivity index (χ4n) is 4.16. The summed E-state index contributed by atoms with van der Waals surface area (Å²) < 4.78 is 0. The molecule has 3 nitrogen and oxygen atoms in total. The quantitative estimate of drug-likeness (QED) is 0.793. The first-order valence-electron chi connectivity index (χ1n) is 7.12. The summed E-state index contributed by atoms with van der Waals surface area (Å²) >= 11 is 0. The maximum atomic E-state index is 12.4. The Morgan fingerprint density at radius 3 is 2.65 bits per heavy atom. The van der Waals surface area contributed by atoms with Crippen molar-refractivity contribution in [2.45, 2.75) is 45.1 Å². The van der Waals surface area contributed by atoms with E-state index in [4.69, 9.17) is 0 Å². The molecule has 3 aliphatic rings. The lowest BCUT2D eigenvalue weighted by Crippen LogP contribution is -2.37. The van der Waals surface area contributed by atoms with Crippen LogP contribution in [0.4, 0.5) is 0 Å². The largest absolute Gasteiger partial charge is 0.393 e. The summed E-state index contributed by atoms with van der Waals surface area (Å²) in [5.41, 5.74) is 0. The zero-order valence-corrected chi connectivity index (χ0v) is 10.6. The van der Waals surface area contributed by atoms with E-state index in [1.165, 1.54) is 19.3 Å². The molecule has 1 heterocycles. The maximum absolute atomic E-state index is 12.4. The first-order valence-corrected chi connectivity index (χ1v) is 7.12. The monoisotopic (exact) mass is 237 g/mol. The lowest BCUT2D eigenvalue weighted by Gasteiger charge is -2.26. The van der Waals surface area contributed by atoms with Crippen LogP contribution in [0.1, 0.15) is 39.0 Å². The van der Waals surface area contributed by atoms with Gasteiger partial charge in [-0.25, -0.2) is 0 Å². The molecule has 5 atom stereocenters. The fraction of sp³-hybridized carbons (Fsp3) is 0.929. The minimum absolute atomic E-state index is 0.271. The molecule has 1 N–H and O–H groups in total. The smallest absolute Gasteiger partial charge is 0.225 e. The number of hydrogen-bond acceptors (Lipinski definition) is 2. The van der Waals surface area contributed by atoms with Crippen LogP contribution >= 0.6 is 0 Å². The molecule has 2 bridgehead atoms. The van der Waals surface area contributed by atoms with Crippen molar-refractivity contribution in [1.29, 1.82) is 0 Å². The van der Waals surface area contributed by atoms with Crippen LogP contribution in [0.25, 0.3) is 0 Å². The Balaban J connectivity index is 1.60. The van der Waals surface area contributed by atoms with Gasteiger partial charge in [-0.15, -0.1) is 0 Å². The van der Waals surface area contributed by atoms with Crippen LogP contribution in [0, 0.1) is 23.7 Å². The molecule has 0 spiro atoms. The summed E-state index contributed by atoms with van der Waals surface area (Å²) in [5, 5.41) is 9.58. The van der Waals surface area contributed by atoms with E-state index in [1.807, 2.05) is 11.8 Å². The highest BCUT2D eigenvalue weighted by molar-refractivity contribution is 5.80. The Hall–Kier alpha value is -0.570. The molecular weight excluding hydrogens is 214 g/mol. The second kappa shape index (κ2) is 4.27. The molecule has 3 heteroatoms. The second-order valence-electron chi connectivity index (χ2n) is 6.35. The summed E-state index contributed by atoms with van der Waals surface area (Å²) in [6.07, 6.45) is 5.76. The van der Waals surface area contributed by atoms with Crippen molar-refractivity contribution in [1.82, 2.24) is 4.90 Å². The predicted molar refractivity (Wildman–Crippen MR) is 65.3 cm³/mol. The van der Waals surface area contributed by atoms with Crippen molar-refractivity contribution in [3.05, 3.63) is 0 Å². The highest BCUT2D eigenvalue weighted by Gasteiger charge is 2.45. The average Bonchev–Trinajstić information content (AvgIpc) is 3.03. The first kappa shape index (κ1) is 11.5. The standard InChI is InChI=1S/C14H23NO2/c1-9(16)12-4-5-15(8-12)14(17)13-7-10-2-3-11(13)6-10/h9-13,16H,2-8H2,1H3. The van der Waals surface area contributed by atoms with Gasteiger partial charge in [-0.05, 0) is 44.4 Å². The van der Waals surface area contributed by atoms with Gasteiger partial charge in [-0.2, -0.15) is 0 Å². The summed E-state index contributed by atoms with van der Waals surface area (Å²) in [7, 11) is 0. The third-order valence-corrected chi connectivity index (χ3v) is 5.27. The molecule has 1 saturated heterocycles. The zero-order valence-electron chi connectivity index (χ0n) is 10.6. The van der Waals surface area contributed by atoms with E-state index in [0.717, 1.165) is 31.8 Å². The molecule has 3 rings (SSSR count). The lowest BCUT2D eigenvalue weighted by atomic mass is 9.88. The molecular formula is C14H23NO2. The van der Waals surface area contributed by atoms with Crippen LogP contribution in [0.5, 0.6) is 0 Å². The van der Waals surface area contributed by atoms with E-state index < -0.39 is 0 Å². The van der Waals surface area contributed by atoms with Gasteiger partial charge in [-0.1, -0.05) is 6.42 Å². The van der Waals surface area contributed by atoms with E-state index in [2.05, 4.69) is 0 Å². The molecule has 2 aliphatic carbocycles. The Labute approximate surface area is 103 Å². The normalized spacial score (nSPS) is 42.1. The number of nitrogens with zero attached hydrogens (tertiary/aromatic N) is 1. The SMILES string of the molecule is CC(O)C1CCN(C(=O)C2CC3CCC2C3)C1. The van der Waals surface area contributed by atoms with Gasteiger partial charge in [-0.3, -0.25) is 4.79 Å². The van der Waals surface area contributed by atoms with Gasteiger partial charge < -0.3 is 10.0 Å². The molecule has 5 unspecified atom stereocenters. The highest BCUT2D eigenvalue weighted by Crippen LogP contribution is 2.49. The van der Waals surface area contributed by atoms with Crippen molar-refractivity contribution < 1.29 is 9.90 Å². The van der Waals surface area contributed by atoms with Gasteiger partial charge in [0.2, 0.25) is 5.91 Å². The lowest BCUT2D eigenvalue weighted by molar-refractivity contribution is -0.136. The van der Waals surface area contributed by atoms with Crippen molar-refractivity contribution in [3.8, 4) is 0 Å². The van der Waals surface area contributed by atoms with Gasteiger partial charge in [0.05, 0.1) is 6.10 Å². The number of fused-ring (bicyclic) bond motifs is 2. The number of carbonyl (C=O) groups excluding carboxylic acids is 1. The molecule has 3 fully saturated rings. The fourth-order valence-corrected chi connectivity index (χ4v) is 4.16. The molecule has 1 amide bonds. The van der Waals surface area contributed by atoms with Crippen LogP contribution < -0.4 is 0 Å².